The predicted octanol–water partition coefficient (Wildman–Crippen LogP) is 0.581. The Labute approximate surface area is 161 Å². The van der Waals surface area contributed by atoms with Crippen LogP contribution in [0, 0.1) is 0 Å². The van der Waals surface area contributed by atoms with Crippen LogP contribution in [0.3, 0.4) is 0 Å². The van der Waals surface area contributed by atoms with Crippen molar-refractivity contribution in [2.75, 3.05) is 46.5 Å². The van der Waals surface area contributed by atoms with Crippen LogP contribution in [0.5, 0.6) is 0 Å². The quantitative estimate of drug-likeness (QED) is 0.557. The molecule has 1 saturated heterocycles. The highest BCUT2D eigenvalue weighted by molar-refractivity contribution is 7.89. The summed E-state index contributed by atoms with van der Waals surface area (Å²) in [6.45, 7) is 2.89. The lowest BCUT2D eigenvalue weighted by Crippen LogP contribution is -2.41. The lowest BCUT2D eigenvalue weighted by atomic mass is 10.1. The molecule has 9 heteroatoms. The van der Waals surface area contributed by atoms with E-state index in [0.29, 0.717) is 31.8 Å². The molecule has 1 fully saturated rings. The molecule has 8 nitrogen and oxygen atoms in total. The van der Waals surface area contributed by atoms with Gasteiger partial charge in [0.1, 0.15) is 0 Å². The molecule has 1 aliphatic heterocycles. The van der Waals surface area contributed by atoms with Crippen molar-refractivity contribution < 1.29 is 22.7 Å². The Kier molecular flexibility index (Phi) is 8.65. The first-order valence-corrected chi connectivity index (χ1v) is 10.7. The summed E-state index contributed by atoms with van der Waals surface area (Å²) in [4.78, 5) is 14.6. The Hall–Kier alpha value is -1.52. The maximum absolute atomic E-state index is 12.7. The van der Waals surface area contributed by atoms with Gasteiger partial charge in [0.15, 0.2) is 0 Å². The third kappa shape index (κ3) is 6.54. The number of piperidine rings is 1. The van der Waals surface area contributed by atoms with E-state index in [9.17, 15) is 13.2 Å². The van der Waals surface area contributed by atoms with Crippen LogP contribution in [0.25, 0.3) is 0 Å². The molecule has 27 heavy (non-hydrogen) atoms. The van der Waals surface area contributed by atoms with Gasteiger partial charge in [0.05, 0.1) is 17.6 Å². The maximum Gasteiger partial charge on any atom is 0.253 e. The van der Waals surface area contributed by atoms with E-state index >= 15 is 0 Å². The minimum Gasteiger partial charge on any atom is -0.383 e. The van der Waals surface area contributed by atoms with Gasteiger partial charge in [-0.25, -0.2) is 13.1 Å². The molecule has 3 N–H and O–H groups in total. The zero-order valence-corrected chi connectivity index (χ0v) is 16.5. The van der Waals surface area contributed by atoms with Gasteiger partial charge in [-0.2, -0.15) is 0 Å². The molecule has 1 amide bonds. The number of nitrogens with zero attached hydrogens (tertiary/aromatic N) is 1. The summed E-state index contributed by atoms with van der Waals surface area (Å²) in [5, 5.41) is 0. The standard InChI is InChI=1S/C18H29N3O5S/c1-25-13-9-20-27(23,24)17-5-2-4-15(14-17)18(22)21-10-6-16(7-11-21)26-12-3-8-19/h2,4-5,14,16,20H,3,6-13,19H2,1H3. The van der Waals surface area contributed by atoms with Gasteiger partial charge in [0.25, 0.3) is 5.91 Å². The van der Waals surface area contributed by atoms with Gasteiger partial charge in [-0.15, -0.1) is 0 Å². The minimum atomic E-state index is -3.67. The number of methoxy groups -OCH3 is 1. The molecule has 0 radical (unpaired) electrons. The maximum atomic E-state index is 12.7. The van der Waals surface area contributed by atoms with E-state index in [1.807, 2.05) is 0 Å². The van der Waals surface area contributed by atoms with E-state index in [1.165, 1.54) is 19.2 Å². The zero-order chi connectivity index (χ0) is 19.7. The number of rotatable bonds is 10. The second-order valence-electron chi connectivity index (χ2n) is 6.42. The van der Waals surface area contributed by atoms with E-state index in [4.69, 9.17) is 15.2 Å². The molecule has 1 heterocycles. The molecule has 1 aliphatic rings. The molecule has 152 valence electrons. The molecule has 0 atom stereocenters. The Morgan fingerprint density at radius 2 is 2.04 bits per heavy atom. The van der Waals surface area contributed by atoms with Crippen molar-refractivity contribution >= 4 is 15.9 Å². The number of hydrogen-bond donors (Lipinski definition) is 2. The Morgan fingerprint density at radius 3 is 2.70 bits per heavy atom. The Bertz CT molecular complexity index is 703. The van der Waals surface area contributed by atoms with Gasteiger partial charge in [0, 0.05) is 38.9 Å². The topological polar surface area (TPSA) is 111 Å². The number of nitrogens with two attached hydrogens (primary N) is 1. The summed E-state index contributed by atoms with van der Waals surface area (Å²) in [6.07, 6.45) is 2.52. The highest BCUT2D eigenvalue weighted by atomic mass is 32.2. The van der Waals surface area contributed by atoms with Crippen molar-refractivity contribution in [2.45, 2.75) is 30.3 Å². The Balaban J connectivity index is 1.95. The van der Waals surface area contributed by atoms with Crippen molar-refractivity contribution in [1.29, 1.82) is 0 Å². The fourth-order valence-electron chi connectivity index (χ4n) is 2.90. The third-order valence-corrected chi connectivity index (χ3v) is 5.88. The van der Waals surface area contributed by atoms with Crippen LogP contribution >= 0.6 is 0 Å². The zero-order valence-electron chi connectivity index (χ0n) is 15.7. The monoisotopic (exact) mass is 399 g/mol. The minimum absolute atomic E-state index is 0.0736. The SMILES string of the molecule is COCCNS(=O)(=O)c1cccc(C(=O)N2CCC(OCCCN)CC2)c1. The average molecular weight is 400 g/mol. The molecule has 0 unspecified atom stereocenters. The average Bonchev–Trinajstić information content (AvgIpc) is 2.68. The van der Waals surface area contributed by atoms with E-state index in [0.717, 1.165) is 19.3 Å². The Morgan fingerprint density at radius 1 is 1.30 bits per heavy atom. The second-order valence-corrected chi connectivity index (χ2v) is 8.19. The van der Waals surface area contributed by atoms with Gasteiger partial charge in [-0.1, -0.05) is 6.07 Å². The van der Waals surface area contributed by atoms with Gasteiger partial charge >= 0.3 is 0 Å². The van der Waals surface area contributed by atoms with E-state index in [-0.39, 0.29) is 30.1 Å². The number of hydrogen-bond acceptors (Lipinski definition) is 6. The van der Waals surface area contributed by atoms with E-state index in [2.05, 4.69) is 4.72 Å². The lowest BCUT2D eigenvalue weighted by Gasteiger charge is -2.32. The molecule has 0 spiro atoms. The van der Waals surface area contributed by atoms with Crippen molar-refractivity contribution in [3.05, 3.63) is 29.8 Å². The van der Waals surface area contributed by atoms with E-state index < -0.39 is 10.0 Å². The molecule has 0 aliphatic carbocycles. The first kappa shape index (κ1) is 21.8. The van der Waals surface area contributed by atoms with Gasteiger partial charge in [-0.05, 0) is 44.0 Å². The van der Waals surface area contributed by atoms with Crippen LogP contribution in [-0.4, -0.2) is 71.8 Å². The molecule has 1 aromatic carbocycles. The summed E-state index contributed by atoms with van der Waals surface area (Å²) in [5.41, 5.74) is 5.83. The summed E-state index contributed by atoms with van der Waals surface area (Å²) < 4.78 is 37.7. The number of amides is 1. The first-order chi connectivity index (χ1) is 13.0. The number of carbonyl (C=O) groups is 1. The van der Waals surface area contributed by atoms with Crippen molar-refractivity contribution in [3.8, 4) is 0 Å². The van der Waals surface area contributed by atoms with Crippen LogP contribution in [0.4, 0.5) is 0 Å². The summed E-state index contributed by atoms with van der Waals surface area (Å²) in [5.74, 6) is -0.163. The van der Waals surface area contributed by atoms with Crippen molar-refractivity contribution in [1.82, 2.24) is 9.62 Å². The van der Waals surface area contributed by atoms with Crippen LogP contribution in [0.2, 0.25) is 0 Å². The van der Waals surface area contributed by atoms with E-state index in [1.54, 1.807) is 17.0 Å². The predicted molar refractivity (Wildman–Crippen MR) is 102 cm³/mol. The van der Waals surface area contributed by atoms with Gasteiger partial charge in [-0.3, -0.25) is 4.79 Å². The largest absolute Gasteiger partial charge is 0.383 e. The number of nitrogens with one attached hydrogen (secondary N) is 1. The lowest BCUT2D eigenvalue weighted by molar-refractivity contribution is 0.00844. The summed E-state index contributed by atoms with van der Waals surface area (Å²) >= 11 is 0. The highest BCUT2D eigenvalue weighted by Crippen LogP contribution is 2.18. The smallest absolute Gasteiger partial charge is 0.253 e. The number of ether oxygens (including phenoxy) is 2. The number of likely N-dealkylation sites (tertiary alicyclic amines) is 1. The summed E-state index contributed by atoms with van der Waals surface area (Å²) in [6, 6.07) is 6.12. The fraction of sp³-hybridized carbons (Fsp3) is 0.611. The molecule has 2 rings (SSSR count). The normalized spacial score (nSPS) is 15.9. The van der Waals surface area contributed by atoms with Crippen molar-refractivity contribution in [2.24, 2.45) is 5.73 Å². The van der Waals surface area contributed by atoms with Crippen LogP contribution in [0.1, 0.15) is 29.6 Å². The fourth-order valence-corrected chi connectivity index (χ4v) is 3.96. The number of carbonyl (C=O) groups excluding carboxylic acids is 1. The highest BCUT2D eigenvalue weighted by Gasteiger charge is 2.25. The van der Waals surface area contributed by atoms with Crippen LogP contribution < -0.4 is 10.5 Å². The molecule has 0 bridgehead atoms. The molecular weight excluding hydrogens is 370 g/mol. The number of sulfonamides is 1. The van der Waals surface area contributed by atoms with Gasteiger partial charge in [0.2, 0.25) is 10.0 Å². The van der Waals surface area contributed by atoms with Crippen LogP contribution in [-0.2, 0) is 19.5 Å². The third-order valence-electron chi connectivity index (χ3n) is 4.42. The van der Waals surface area contributed by atoms with Gasteiger partial charge < -0.3 is 20.1 Å². The van der Waals surface area contributed by atoms with Crippen molar-refractivity contribution in [3.63, 3.8) is 0 Å². The first-order valence-electron chi connectivity index (χ1n) is 9.17. The molecule has 0 aromatic heterocycles. The number of benzene rings is 1. The molecule has 0 saturated carbocycles. The second kappa shape index (κ2) is 10.7. The van der Waals surface area contributed by atoms with Crippen LogP contribution in [0.15, 0.2) is 29.2 Å². The molecule has 1 aromatic rings. The molecular formula is C18H29N3O5S. The summed E-state index contributed by atoms with van der Waals surface area (Å²) in [7, 11) is -2.17.